The topological polar surface area (TPSA) is 186 Å². The molecule has 0 radical (unpaired) electrons. The number of nitrogens with zero attached hydrogens (tertiary/aromatic N) is 6. The van der Waals surface area contributed by atoms with Crippen molar-refractivity contribution in [2.45, 2.75) is 97.1 Å². The van der Waals surface area contributed by atoms with Crippen molar-refractivity contribution in [1.29, 1.82) is 0 Å². The summed E-state index contributed by atoms with van der Waals surface area (Å²) in [7, 11) is 0. The summed E-state index contributed by atoms with van der Waals surface area (Å²) in [5, 5.41) is 9.03. The van der Waals surface area contributed by atoms with E-state index in [2.05, 4.69) is 20.2 Å². The molecule has 2 aliphatic heterocycles. The van der Waals surface area contributed by atoms with Gasteiger partial charge >= 0.3 is 18.2 Å². The van der Waals surface area contributed by atoms with Crippen molar-refractivity contribution in [2.75, 3.05) is 13.1 Å². The first kappa shape index (κ1) is 42.9. The number of hydrogen-bond acceptors (Lipinski definition) is 10. The Bertz CT molecular complexity index is 2470. The lowest BCUT2D eigenvalue weighted by Gasteiger charge is -2.35. The van der Waals surface area contributed by atoms with Crippen LogP contribution in [0.3, 0.4) is 0 Å². The van der Waals surface area contributed by atoms with Gasteiger partial charge in [-0.3, -0.25) is 24.2 Å². The van der Waals surface area contributed by atoms with E-state index < -0.39 is 5.60 Å². The Labute approximate surface area is 347 Å². The van der Waals surface area contributed by atoms with Crippen molar-refractivity contribution in [3.8, 4) is 0 Å². The second kappa shape index (κ2) is 19.8. The maximum atomic E-state index is 12.6. The largest absolute Gasteiger partial charge is 0.461 e. The van der Waals surface area contributed by atoms with Crippen LogP contribution in [0, 0.1) is 0 Å². The van der Waals surface area contributed by atoms with Gasteiger partial charge < -0.3 is 24.2 Å². The van der Waals surface area contributed by atoms with Gasteiger partial charge in [0.05, 0.1) is 23.5 Å². The van der Waals surface area contributed by atoms with E-state index in [1.165, 1.54) is 19.1 Å². The van der Waals surface area contributed by atoms with Crippen LogP contribution in [0.25, 0.3) is 11.3 Å². The number of rotatable bonds is 6. The number of aromatic amines is 2. The van der Waals surface area contributed by atoms with E-state index in [0.717, 1.165) is 61.0 Å². The summed E-state index contributed by atoms with van der Waals surface area (Å²) in [5.41, 5.74) is 3.90. The molecule has 6 heterocycles. The zero-order valence-electron chi connectivity index (χ0n) is 34.4. The van der Waals surface area contributed by atoms with E-state index in [4.69, 9.17) is 14.2 Å². The SMILES string of the molecule is CC(=O)OCc1ccccc1.CC(C)(C)OC(=O)N1CCCC[C@H]1c1cc2[nH]c(=O)ccn2n1.O=C(OCc1ccccc1)N1CCCC[C@H]1c1cc2[nH]c(=O)ccn2n1. The lowest BCUT2D eigenvalue weighted by atomic mass is 10.00. The minimum atomic E-state index is -0.525. The standard InChI is InChI=1S/C19H20N4O3.C16H22N4O3.C9H10O2/c24-18-9-11-23-17(20-18)12-15(21-23)16-8-4-5-10-22(16)19(25)26-13-14-6-2-1-3-7-14;1-16(2,3)23-15(22)19-8-5-4-6-12(19)11-10-13-17-14(21)7-9-20(13)18-11;1-8(10)11-7-9-5-3-2-4-6-9/h1-3,6-7,9,11-12,16H,4-5,8,10,13H2,(H,20,24);7,9-10,12H,4-6,8H2,1-3H3,(H,17,21);2-6H,7H2,1H3/t16-;12-;/m00./s1. The maximum absolute atomic E-state index is 12.6. The fourth-order valence-corrected chi connectivity index (χ4v) is 6.98. The van der Waals surface area contributed by atoms with Crippen LogP contribution >= 0.6 is 0 Å². The van der Waals surface area contributed by atoms with Crippen LogP contribution in [-0.2, 0) is 32.2 Å². The third kappa shape index (κ3) is 11.9. The number of carbonyl (C=O) groups excluding carboxylic acids is 3. The quantitative estimate of drug-likeness (QED) is 0.129. The number of piperidine rings is 2. The van der Waals surface area contributed by atoms with Crippen LogP contribution in [0.1, 0.15) is 101 Å². The third-order valence-corrected chi connectivity index (χ3v) is 9.79. The van der Waals surface area contributed by atoms with Gasteiger partial charge in [-0.05, 0) is 70.4 Å². The lowest BCUT2D eigenvalue weighted by molar-refractivity contribution is -0.142. The molecule has 60 heavy (non-hydrogen) atoms. The second-order valence-corrected chi connectivity index (χ2v) is 15.6. The molecule has 2 N–H and O–H groups in total. The van der Waals surface area contributed by atoms with Crippen LogP contribution < -0.4 is 11.1 Å². The summed E-state index contributed by atoms with van der Waals surface area (Å²) in [4.78, 5) is 67.4. The Morgan fingerprint density at radius 3 is 1.55 bits per heavy atom. The average Bonchev–Trinajstić information content (AvgIpc) is 3.87. The van der Waals surface area contributed by atoms with Crippen molar-refractivity contribution < 1.29 is 28.6 Å². The predicted octanol–water partition coefficient (Wildman–Crippen LogP) is 7.12. The highest BCUT2D eigenvalue weighted by Gasteiger charge is 2.33. The smallest absolute Gasteiger partial charge is 0.410 e. The molecular formula is C44H52N8O8. The van der Waals surface area contributed by atoms with Gasteiger partial charge in [-0.15, -0.1) is 0 Å². The number of likely N-dealkylation sites (tertiary alicyclic amines) is 2. The van der Waals surface area contributed by atoms with Crippen molar-refractivity contribution in [2.24, 2.45) is 0 Å². The summed E-state index contributed by atoms with van der Waals surface area (Å²) >= 11 is 0. The first-order valence-electron chi connectivity index (χ1n) is 20.1. The lowest BCUT2D eigenvalue weighted by Crippen LogP contribution is -2.42. The maximum Gasteiger partial charge on any atom is 0.410 e. The van der Waals surface area contributed by atoms with Crippen LogP contribution in [-0.4, -0.2) is 75.8 Å². The Kier molecular flexibility index (Phi) is 14.2. The number of amides is 2. The highest BCUT2D eigenvalue weighted by atomic mass is 16.6. The molecule has 8 rings (SSSR count). The number of benzene rings is 2. The molecule has 4 aromatic heterocycles. The molecule has 16 heteroatoms. The van der Waals surface area contributed by atoms with Gasteiger partial charge in [0.15, 0.2) is 0 Å². The molecule has 0 spiro atoms. The van der Waals surface area contributed by atoms with Gasteiger partial charge in [0.2, 0.25) is 0 Å². The first-order valence-corrected chi connectivity index (χ1v) is 20.1. The highest BCUT2D eigenvalue weighted by Crippen LogP contribution is 2.33. The van der Waals surface area contributed by atoms with Gasteiger partial charge in [-0.2, -0.15) is 10.2 Å². The number of esters is 1. The van der Waals surface area contributed by atoms with Crippen LogP contribution in [0.4, 0.5) is 9.59 Å². The Balaban J connectivity index is 0.000000163. The van der Waals surface area contributed by atoms with Crippen LogP contribution in [0.15, 0.2) is 107 Å². The molecule has 2 fully saturated rings. The number of aromatic nitrogens is 6. The van der Waals surface area contributed by atoms with E-state index in [0.29, 0.717) is 31.0 Å². The van der Waals surface area contributed by atoms with E-state index in [1.54, 1.807) is 31.2 Å². The zero-order valence-corrected chi connectivity index (χ0v) is 34.4. The summed E-state index contributed by atoms with van der Waals surface area (Å²) in [6, 6.07) is 25.5. The molecule has 16 nitrogen and oxygen atoms in total. The zero-order chi connectivity index (χ0) is 42.6. The van der Waals surface area contributed by atoms with Gasteiger partial charge in [-0.1, -0.05) is 60.7 Å². The number of H-pyrrole nitrogens is 2. The Morgan fingerprint density at radius 1 is 0.650 bits per heavy atom. The number of ether oxygens (including phenoxy) is 3. The summed E-state index contributed by atoms with van der Waals surface area (Å²) < 4.78 is 19.1. The molecule has 6 aromatic rings. The van der Waals surface area contributed by atoms with E-state index >= 15 is 0 Å². The molecule has 0 aliphatic carbocycles. The van der Waals surface area contributed by atoms with Gasteiger partial charge in [0, 0.05) is 56.7 Å². The van der Waals surface area contributed by atoms with Gasteiger partial charge in [0.25, 0.3) is 11.1 Å². The van der Waals surface area contributed by atoms with Crippen molar-refractivity contribution in [1.82, 2.24) is 39.0 Å². The minimum Gasteiger partial charge on any atom is -0.461 e. The molecule has 0 unspecified atom stereocenters. The Hall–Kier alpha value is -6.71. The molecule has 2 aliphatic rings. The molecule has 2 amide bonds. The number of nitrogens with one attached hydrogen (secondary N) is 2. The van der Waals surface area contributed by atoms with E-state index in [9.17, 15) is 24.0 Å². The second-order valence-electron chi connectivity index (χ2n) is 15.6. The Morgan fingerprint density at radius 2 is 1.10 bits per heavy atom. The molecule has 316 valence electrons. The normalized spacial score (nSPS) is 16.5. The molecule has 2 aromatic carbocycles. The summed E-state index contributed by atoms with van der Waals surface area (Å²) in [5.74, 6) is -0.242. The molecule has 2 saturated heterocycles. The number of carbonyl (C=O) groups is 3. The van der Waals surface area contributed by atoms with Gasteiger partial charge in [-0.25, -0.2) is 18.6 Å². The fraction of sp³-hybridized carbons (Fsp3) is 0.386. The minimum absolute atomic E-state index is 0.123. The predicted molar refractivity (Wildman–Crippen MR) is 223 cm³/mol. The van der Waals surface area contributed by atoms with Crippen LogP contribution in [0.5, 0.6) is 0 Å². The molecule has 0 bridgehead atoms. The number of fused-ring (bicyclic) bond motifs is 2. The monoisotopic (exact) mass is 820 g/mol. The van der Waals surface area contributed by atoms with Crippen molar-refractivity contribution in [3.63, 3.8) is 0 Å². The summed E-state index contributed by atoms with van der Waals surface area (Å²) in [6.45, 7) is 8.91. The summed E-state index contributed by atoms with van der Waals surface area (Å²) in [6.07, 6.45) is 8.24. The third-order valence-electron chi connectivity index (χ3n) is 9.79. The number of hydrogen-bond donors (Lipinski definition) is 2. The molecular weight excluding hydrogens is 769 g/mol. The molecule has 2 atom stereocenters. The average molecular weight is 821 g/mol. The van der Waals surface area contributed by atoms with Crippen LogP contribution in [0.2, 0.25) is 0 Å². The first-order chi connectivity index (χ1) is 28.8. The molecule has 0 saturated carbocycles. The van der Waals surface area contributed by atoms with Crippen molar-refractivity contribution in [3.05, 3.63) is 141 Å². The van der Waals surface area contributed by atoms with Gasteiger partial charge in [0.1, 0.15) is 30.1 Å². The van der Waals surface area contributed by atoms with E-state index in [1.807, 2.05) is 93.6 Å². The fourth-order valence-electron chi connectivity index (χ4n) is 6.98. The highest BCUT2D eigenvalue weighted by molar-refractivity contribution is 5.69. The van der Waals surface area contributed by atoms with E-state index in [-0.39, 0.29) is 48.0 Å². The van der Waals surface area contributed by atoms with Crippen molar-refractivity contribution >= 4 is 29.5 Å².